The van der Waals surface area contributed by atoms with Gasteiger partial charge in [0.2, 0.25) is 0 Å². The number of allylic oxidation sites excluding steroid dienone is 4. The van der Waals surface area contributed by atoms with E-state index < -0.39 is 0 Å². The summed E-state index contributed by atoms with van der Waals surface area (Å²) in [6, 6.07) is 24.6. The topological polar surface area (TPSA) is 3.24 Å². The van der Waals surface area contributed by atoms with Gasteiger partial charge >= 0.3 is 0 Å². The van der Waals surface area contributed by atoms with E-state index in [-0.39, 0.29) is 0 Å². The lowest BCUT2D eigenvalue weighted by Gasteiger charge is -2.31. The third kappa shape index (κ3) is 4.17. The molecule has 0 aliphatic heterocycles. The van der Waals surface area contributed by atoms with Crippen LogP contribution >= 0.6 is 54.5 Å². The van der Waals surface area contributed by atoms with Crippen LogP contribution in [-0.4, -0.2) is 0 Å². The summed E-state index contributed by atoms with van der Waals surface area (Å²) >= 11 is 11.2. The molecule has 34 heavy (non-hydrogen) atoms. The molecule has 2 unspecified atom stereocenters. The average molecular weight is 609 g/mol. The maximum Gasteiger partial charge on any atom is 0.0708 e. The zero-order valence-electron chi connectivity index (χ0n) is 18.7. The highest BCUT2D eigenvalue weighted by molar-refractivity contribution is 9.11. The lowest BCUT2D eigenvalue weighted by Crippen LogP contribution is -2.19. The van der Waals surface area contributed by atoms with E-state index in [0.29, 0.717) is 11.8 Å². The highest BCUT2D eigenvalue weighted by atomic mass is 79.9. The summed E-state index contributed by atoms with van der Waals surface area (Å²) in [4.78, 5) is 5.25. The monoisotopic (exact) mass is 607 g/mol. The molecule has 0 saturated carbocycles. The van der Waals surface area contributed by atoms with Gasteiger partial charge in [0.15, 0.2) is 0 Å². The van der Waals surface area contributed by atoms with Gasteiger partial charge in [0.25, 0.3) is 0 Å². The van der Waals surface area contributed by atoms with Crippen molar-refractivity contribution in [2.45, 2.75) is 25.7 Å². The summed E-state index contributed by atoms with van der Waals surface area (Å²) in [6.45, 7) is 2.28. The quantitative estimate of drug-likeness (QED) is 0.223. The van der Waals surface area contributed by atoms with Crippen molar-refractivity contribution in [3.05, 3.63) is 115 Å². The van der Waals surface area contributed by atoms with Crippen LogP contribution in [-0.2, 0) is 6.42 Å². The normalized spacial score (nSPS) is 18.9. The molecule has 2 heterocycles. The lowest BCUT2D eigenvalue weighted by atomic mass is 9.82. The number of anilines is 2. The predicted molar refractivity (Wildman–Crippen MR) is 155 cm³/mol. The third-order valence-corrected chi connectivity index (χ3v) is 10.1. The van der Waals surface area contributed by atoms with Crippen LogP contribution in [0.4, 0.5) is 11.4 Å². The molecule has 0 bridgehead atoms. The molecule has 6 rings (SSSR count). The fourth-order valence-electron chi connectivity index (χ4n) is 5.08. The molecule has 4 aromatic rings. The summed E-state index contributed by atoms with van der Waals surface area (Å²) in [6.07, 6.45) is 8.82. The number of para-hydroxylation sites is 1. The Balaban J connectivity index is 1.38. The van der Waals surface area contributed by atoms with Crippen molar-refractivity contribution in [2.24, 2.45) is 5.92 Å². The van der Waals surface area contributed by atoms with Gasteiger partial charge in [-0.3, -0.25) is 0 Å². The Labute approximate surface area is 225 Å². The molecule has 0 amide bonds. The van der Waals surface area contributed by atoms with E-state index >= 15 is 0 Å². The fourth-order valence-corrected chi connectivity index (χ4v) is 8.63. The Bertz CT molecular complexity index is 1400. The van der Waals surface area contributed by atoms with Gasteiger partial charge in [0, 0.05) is 32.7 Å². The number of fused-ring (bicyclic) bond motifs is 3. The highest BCUT2D eigenvalue weighted by Crippen LogP contribution is 2.52. The van der Waals surface area contributed by atoms with Gasteiger partial charge in [0.1, 0.15) is 0 Å². The van der Waals surface area contributed by atoms with Gasteiger partial charge < -0.3 is 4.90 Å². The smallest absolute Gasteiger partial charge is 0.0708 e. The van der Waals surface area contributed by atoms with Gasteiger partial charge in [-0.2, -0.15) is 0 Å². The van der Waals surface area contributed by atoms with E-state index in [9.17, 15) is 0 Å². The molecule has 0 saturated heterocycles. The molecular formula is C29H23Br2NS2. The molecule has 0 spiro atoms. The third-order valence-electron chi connectivity index (χ3n) is 6.63. The molecule has 2 aliphatic rings. The molecule has 2 aromatic heterocycles. The van der Waals surface area contributed by atoms with Crippen LogP contribution in [0.25, 0.3) is 9.75 Å². The van der Waals surface area contributed by atoms with Crippen molar-refractivity contribution >= 4 is 65.9 Å². The number of benzene rings is 2. The van der Waals surface area contributed by atoms with Crippen molar-refractivity contribution in [3.63, 3.8) is 0 Å². The van der Waals surface area contributed by atoms with E-state index in [4.69, 9.17) is 0 Å². The number of hydrogen-bond acceptors (Lipinski definition) is 3. The first-order chi connectivity index (χ1) is 16.6. The maximum atomic E-state index is 3.75. The Kier molecular flexibility index (Phi) is 6.14. The van der Waals surface area contributed by atoms with Gasteiger partial charge in [0.05, 0.1) is 7.57 Å². The van der Waals surface area contributed by atoms with Crippen LogP contribution in [0.5, 0.6) is 0 Å². The molecule has 2 aromatic carbocycles. The largest absolute Gasteiger partial charge is 0.314 e. The predicted octanol–water partition coefficient (Wildman–Crippen LogP) is 10.3. The van der Waals surface area contributed by atoms with Crippen molar-refractivity contribution in [2.75, 3.05) is 4.90 Å². The van der Waals surface area contributed by atoms with E-state index in [2.05, 4.69) is 129 Å². The van der Waals surface area contributed by atoms with Gasteiger partial charge in [-0.15, -0.1) is 22.7 Å². The second-order valence-electron chi connectivity index (χ2n) is 8.98. The highest BCUT2D eigenvalue weighted by Gasteiger charge is 2.30. The molecular weight excluding hydrogens is 586 g/mol. The van der Waals surface area contributed by atoms with Crippen LogP contribution < -0.4 is 4.90 Å². The second-order valence-corrected chi connectivity index (χ2v) is 13.8. The summed E-state index contributed by atoms with van der Waals surface area (Å²) in [5.74, 6) is 0.921. The molecule has 0 fully saturated rings. The van der Waals surface area contributed by atoms with E-state index in [1.54, 1.807) is 0 Å². The Morgan fingerprint density at radius 3 is 2.29 bits per heavy atom. The van der Waals surface area contributed by atoms with Crippen molar-refractivity contribution in [3.8, 4) is 9.75 Å². The molecule has 0 N–H and O–H groups in total. The zero-order valence-corrected chi connectivity index (χ0v) is 23.5. The first-order valence-corrected chi connectivity index (χ1v) is 14.7. The molecule has 0 radical (unpaired) electrons. The van der Waals surface area contributed by atoms with E-state index in [1.165, 1.54) is 51.1 Å². The van der Waals surface area contributed by atoms with Crippen LogP contribution in [0.3, 0.4) is 0 Å². The summed E-state index contributed by atoms with van der Waals surface area (Å²) in [5.41, 5.74) is 8.03. The summed E-state index contributed by atoms with van der Waals surface area (Å²) < 4.78 is 2.42. The molecule has 5 heteroatoms. The van der Waals surface area contributed by atoms with Gasteiger partial charge in [-0.1, -0.05) is 49.4 Å². The zero-order chi connectivity index (χ0) is 23.2. The fraction of sp³-hybridized carbons (Fsp3) is 0.172. The lowest BCUT2D eigenvalue weighted by molar-refractivity contribution is 0.696. The molecule has 1 nitrogen and oxygen atoms in total. The number of nitrogens with zero attached hydrogens (tertiary/aromatic N) is 1. The summed E-state index contributed by atoms with van der Waals surface area (Å²) in [7, 11) is 0. The Hall–Kier alpha value is -1.92. The number of rotatable bonds is 4. The average Bonchev–Trinajstić information content (AvgIpc) is 3.41. The Morgan fingerprint density at radius 1 is 0.824 bits per heavy atom. The van der Waals surface area contributed by atoms with Crippen LogP contribution in [0, 0.1) is 5.92 Å². The Morgan fingerprint density at radius 2 is 1.53 bits per heavy atom. The minimum Gasteiger partial charge on any atom is -0.314 e. The van der Waals surface area contributed by atoms with Gasteiger partial charge in [-0.25, -0.2) is 0 Å². The van der Waals surface area contributed by atoms with Crippen molar-refractivity contribution < 1.29 is 0 Å². The van der Waals surface area contributed by atoms with Crippen molar-refractivity contribution in [1.82, 2.24) is 0 Å². The van der Waals surface area contributed by atoms with Crippen LogP contribution in [0.2, 0.25) is 0 Å². The molecule has 2 atom stereocenters. The SMILES string of the molecule is CC1C=CC=C(N(c2ccccc2)c2ccc(C3Cc4cc(Br)sc4-c4sc(Br)cc43)cc2)C1. The second kappa shape index (κ2) is 9.27. The number of halogens is 2. The number of hydrogen-bond donors (Lipinski definition) is 0. The maximum absolute atomic E-state index is 3.75. The standard InChI is InChI=1S/C29H23Br2NS2/c1-18-6-5-9-23(14-18)32(21-7-3-2-4-8-21)22-12-10-19(11-13-22)24-15-20-16-26(30)33-28(20)29-25(24)17-27(31)34-29/h2-13,16-18,24H,14-15H2,1H3. The molecule has 170 valence electrons. The first-order valence-electron chi connectivity index (χ1n) is 11.5. The van der Waals surface area contributed by atoms with Gasteiger partial charge in [-0.05, 0) is 110 Å². The van der Waals surface area contributed by atoms with E-state index in [0.717, 1.165) is 12.8 Å². The van der Waals surface area contributed by atoms with Crippen molar-refractivity contribution in [1.29, 1.82) is 0 Å². The minimum atomic E-state index is 0.377. The van der Waals surface area contributed by atoms with Crippen LogP contribution in [0.1, 0.15) is 36.0 Å². The first kappa shape index (κ1) is 22.5. The number of thiophene rings is 2. The summed E-state index contributed by atoms with van der Waals surface area (Å²) in [5, 5.41) is 0. The van der Waals surface area contributed by atoms with Crippen LogP contribution in [0.15, 0.2) is 98.2 Å². The van der Waals surface area contributed by atoms with E-state index in [1.807, 2.05) is 22.7 Å². The minimum absolute atomic E-state index is 0.377. The molecule has 2 aliphatic carbocycles.